The molecule has 29 heavy (non-hydrogen) atoms. The lowest BCUT2D eigenvalue weighted by Crippen LogP contribution is -2.28. The summed E-state index contributed by atoms with van der Waals surface area (Å²) in [7, 11) is 0. The number of hydrogen-bond donors (Lipinski definition) is 1. The third kappa shape index (κ3) is 4.17. The van der Waals surface area contributed by atoms with Gasteiger partial charge in [-0.25, -0.2) is 0 Å². The summed E-state index contributed by atoms with van der Waals surface area (Å²) < 4.78 is 0. The van der Waals surface area contributed by atoms with E-state index in [1.54, 1.807) is 67.0 Å². The van der Waals surface area contributed by atoms with Gasteiger partial charge in [-0.2, -0.15) is 0 Å². The third-order valence-corrected chi connectivity index (χ3v) is 4.82. The van der Waals surface area contributed by atoms with Crippen molar-refractivity contribution < 1.29 is 14.4 Å². The van der Waals surface area contributed by atoms with Gasteiger partial charge in [0.25, 0.3) is 5.91 Å². The van der Waals surface area contributed by atoms with E-state index in [1.807, 2.05) is 6.07 Å². The van der Waals surface area contributed by atoms with Crippen LogP contribution in [0.3, 0.4) is 0 Å². The second-order valence-electron chi connectivity index (χ2n) is 6.45. The maximum absolute atomic E-state index is 12.6. The highest BCUT2D eigenvalue weighted by molar-refractivity contribution is 6.35. The number of ketones is 1. The Hall–Kier alpha value is -3.51. The molecule has 1 atom stereocenters. The minimum absolute atomic E-state index is 0.179. The van der Waals surface area contributed by atoms with Crippen LogP contribution < -0.4 is 5.32 Å². The van der Waals surface area contributed by atoms with Gasteiger partial charge in [0.15, 0.2) is 5.78 Å². The molecule has 0 saturated heterocycles. The molecule has 0 spiro atoms. The predicted octanol–water partition coefficient (Wildman–Crippen LogP) is 4.10. The number of anilines is 1. The van der Waals surface area contributed by atoms with Crippen molar-refractivity contribution in [1.29, 1.82) is 0 Å². The van der Waals surface area contributed by atoms with Gasteiger partial charge >= 0.3 is 0 Å². The Balaban J connectivity index is 1.39. The van der Waals surface area contributed by atoms with Gasteiger partial charge in [-0.15, -0.1) is 0 Å². The summed E-state index contributed by atoms with van der Waals surface area (Å²) in [5, 5.41) is 7.17. The fraction of sp³-hybridized carbons (Fsp3) is 0.0909. The molecule has 1 N–H and O–H groups in total. The molecule has 1 amide bonds. The number of nitrogens with zero attached hydrogens (tertiary/aromatic N) is 2. The number of halogens is 1. The molecule has 1 aliphatic rings. The Kier molecular flexibility index (Phi) is 5.35. The maximum Gasteiger partial charge on any atom is 0.268 e. The van der Waals surface area contributed by atoms with E-state index in [4.69, 9.17) is 16.4 Å². The van der Waals surface area contributed by atoms with Crippen LogP contribution in [0.4, 0.5) is 5.69 Å². The molecule has 1 aromatic heterocycles. The highest BCUT2D eigenvalue weighted by atomic mass is 35.5. The number of carbonyl (C=O) groups is 2. The van der Waals surface area contributed by atoms with E-state index >= 15 is 0 Å². The summed E-state index contributed by atoms with van der Waals surface area (Å²) in [6.45, 7) is 0. The number of hydrogen-bond acceptors (Lipinski definition) is 5. The molecule has 0 aliphatic carbocycles. The summed E-state index contributed by atoms with van der Waals surface area (Å²) in [6, 6.07) is 17.2. The first kappa shape index (κ1) is 18.8. The molecule has 144 valence electrons. The molecule has 0 radical (unpaired) electrons. The second-order valence-corrected chi connectivity index (χ2v) is 6.86. The first-order chi connectivity index (χ1) is 14.1. The number of carbonyl (C=O) groups excluding carboxylic acids is 2. The van der Waals surface area contributed by atoms with Gasteiger partial charge in [0.05, 0.1) is 10.7 Å². The zero-order chi connectivity index (χ0) is 20.2. The van der Waals surface area contributed by atoms with E-state index < -0.39 is 6.10 Å². The number of oxime groups is 1. The zero-order valence-corrected chi connectivity index (χ0v) is 16.0. The highest BCUT2D eigenvalue weighted by Gasteiger charge is 2.29. The molecule has 2 aromatic carbocycles. The van der Waals surface area contributed by atoms with Crippen molar-refractivity contribution in [2.24, 2.45) is 5.16 Å². The topological polar surface area (TPSA) is 80.7 Å². The number of pyridine rings is 1. The normalized spacial score (nSPS) is 15.3. The van der Waals surface area contributed by atoms with Crippen molar-refractivity contribution in [3.8, 4) is 0 Å². The third-order valence-electron chi connectivity index (χ3n) is 4.49. The van der Waals surface area contributed by atoms with Crippen LogP contribution in [0.2, 0.25) is 5.02 Å². The van der Waals surface area contributed by atoms with Crippen LogP contribution in [0.5, 0.6) is 0 Å². The number of rotatable bonds is 5. The van der Waals surface area contributed by atoms with Crippen molar-refractivity contribution in [2.75, 3.05) is 5.32 Å². The van der Waals surface area contributed by atoms with Crippen molar-refractivity contribution in [3.05, 3.63) is 94.8 Å². The minimum atomic E-state index is -0.713. The van der Waals surface area contributed by atoms with Gasteiger partial charge in [0.2, 0.25) is 6.10 Å². The van der Waals surface area contributed by atoms with Crippen LogP contribution in [-0.4, -0.2) is 28.5 Å². The Morgan fingerprint density at radius 3 is 2.55 bits per heavy atom. The number of aromatic nitrogens is 1. The van der Waals surface area contributed by atoms with Crippen molar-refractivity contribution in [1.82, 2.24) is 4.98 Å². The number of benzene rings is 2. The molecule has 2 heterocycles. The highest BCUT2D eigenvalue weighted by Crippen LogP contribution is 2.21. The van der Waals surface area contributed by atoms with E-state index in [9.17, 15) is 9.59 Å². The van der Waals surface area contributed by atoms with Gasteiger partial charge in [-0.3, -0.25) is 14.6 Å². The molecule has 1 unspecified atom stereocenters. The molecule has 4 rings (SSSR count). The van der Waals surface area contributed by atoms with Crippen LogP contribution in [0.25, 0.3) is 0 Å². The van der Waals surface area contributed by atoms with Crippen molar-refractivity contribution in [2.45, 2.75) is 12.5 Å². The van der Waals surface area contributed by atoms with Gasteiger partial charge < -0.3 is 10.2 Å². The van der Waals surface area contributed by atoms with Crippen molar-refractivity contribution >= 4 is 34.7 Å². The first-order valence-corrected chi connectivity index (χ1v) is 9.33. The molecule has 0 saturated carbocycles. The van der Waals surface area contributed by atoms with E-state index in [0.29, 0.717) is 34.0 Å². The van der Waals surface area contributed by atoms with Crippen LogP contribution in [0.1, 0.15) is 27.9 Å². The van der Waals surface area contributed by atoms with Crippen LogP contribution in [0.15, 0.2) is 78.2 Å². The largest absolute Gasteiger partial charge is 0.382 e. The summed E-state index contributed by atoms with van der Waals surface area (Å²) in [6.07, 6.45) is 3.00. The smallest absolute Gasteiger partial charge is 0.268 e. The molecule has 7 heteroatoms. The summed E-state index contributed by atoms with van der Waals surface area (Å²) in [5.41, 5.74) is 2.98. The quantitative estimate of drug-likeness (QED) is 0.648. The molecule has 1 aliphatic heterocycles. The van der Waals surface area contributed by atoms with Gasteiger partial charge in [-0.05, 0) is 48.5 Å². The summed E-state index contributed by atoms with van der Waals surface area (Å²) in [4.78, 5) is 34.3. The Labute approximate surface area is 172 Å². The SMILES string of the molecule is O=C(c1ccc(NC(=O)C2CC(c3cccnc3)=NO2)cc1)c1ccccc1Cl. The van der Waals surface area contributed by atoms with Gasteiger partial charge in [0, 0.05) is 41.2 Å². The van der Waals surface area contributed by atoms with Crippen molar-refractivity contribution in [3.63, 3.8) is 0 Å². The molecule has 3 aromatic rings. The standard InChI is InChI=1S/C22H16ClN3O3/c23-18-6-2-1-5-17(18)21(27)14-7-9-16(10-8-14)25-22(28)20-12-19(26-29-20)15-4-3-11-24-13-15/h1-11,13,20H,12H2,(H,25,28). The summed E-state index contributed by atoms with van der Waals surface area (Å²) in [5.74, 6) is -0.486. The predicted molar refractivity (Wildman–Crippen MR) is 110 cm³/mol. The minimum Gasteiger partial charge on any atom is -0.382 e. The monoisotopic (exact) mass is 405 g/mol. The zero-order valence-electron chi connectivity index (χ0n) is 15.2. The molecule has 0 fully saturated rings. The lowest BCUT2D eigenvalue weighted by Gasteiger charge is -2.10. The molecule has 0 bridgehead atoms. The van der Waals surface area contributed by atoms with E-state index in [1.165, 1.54) is 0 Å². The molecular formula is C22H16ClN3O3. The fourth-order valence-electron chi connectivity index (χ4n) is 2.95. The lowest BCUT2D eigenvalue weighted by molar-refractivity contribution is -0.125. The fourth-order valence-corrected chi connectivity index (χ4v) is 3.17. The second kappa shape index (κ2) is 8.24. The number of nitrogens with one attached hydrogen (secondary N) is 1. The average molecular weight is 406 g/mol. The first-order valence-electron chi connectivity index (χ1n) is 8.95. The molecule has 6 nitrogen and oxygen atoms in total. The van der Waals surface area contributed by atoms with E-state index in [0.717, 1.165) is 5.56 Å². The van der Waals surface area contributed by atoms with E-state index in [2.05, 4.69) is 15.5 Å². The molecular weight excluding hydrogens is 390 g/mol. The van der Waals surface area contributed by atoms with Gasteiger partial charge in [-0.1, -0.05) is 28.9 Å². The van der Waals surface area contributed by atoms with E-state index in [-0.39, 0.29) is 11.7 Å². The van der Waals surface area contributed by atoms with Gasteiger partial charge in [0.1, 0.15) is 0 Å². The van der Waals surface area contributed by atoms with Crippen LogP contribution in [0, 0.1) is 0 Å². The Morgan fingerprint density at radius 1 is 1.03 bits per heavy atom. The van der Waals surface area contributed by atoms with Crippen LogP contribution in [-0.2, 0) is 9.63 Å². The Bertz CT molecular complexity index is 1080. The Morgan fingerprint density at radius 2 is 1.83 bits per heavy atom. The lowest BCUT2D eigenvalue weighted by atomic mass is 10.0. The summed E-state index contributed by atoms with van der Waals surface area (Å²) >= 11 is 6.09. The van der Waals surface area contributed by atoms with Crippen LogP contribution >= 0.6 is 11.6 Å². The number of amides is 1. The average Bonchev–Trinajstić information content (AvgIpc) is 3.25. The maximum atomic E-state index is 12.6.